The SMILES string of the molecule is CCNC(=NCc1ccc(F)c(C)c1)NCc1ncc(C)c(OC)c1C.I. The molecule has 0 unspecified atom stereocenters. The molecule has 1 aromatic carbocycles. The summed E-state index contributed by atoms with van der Waals surface area (Å²) in [5.74, 6) is 1.35. The normalized spacial score (nSPS) is 11.0. The number of benzene rings is 1. The maximum absolute atomic E-state index is 13.4. The van der Waals surface area contributed by atoms with Crippen molar-refractivity contribution in [3.63, 3.8) is 0 Å². The van der Waals surface area contributed by atoms with Crippen LogP contribution in [0.2, 0.25) is 0 Å². The van der Waals surface area contributed by atoms with Crippen molar-refractivity contribution in [1.82, 2.24) is 15.6 Å². The molecule has 2 rings (SSSR count). The number of methoxy groups -OCH3 is 1. The van der Waals surface area contributed by atoms with Crippen LogP contribution in [0.5, 0.6) is 5.75 Å². The molecule has 0 fully saturated rings. The molecule has 0 aliphatic carbocycles. The largest absolute Gasteiger partial charge is 0.496 e. The molecule has 0 saturated heterocycles. The van der Waals surface area contributed by atoms with Gasteiger partial charge in [0, 0.05) is 23.9 Å². The summed E-state index contributed by atoms with van der Waals surface area (Å²) in [5, 5.41) is 6.51. The Morgan fingerprint density at radius 1 is 1.19 bits per heavy atom. The third kappa shape index (κ3) is 6.34. The van der Waals surface area contributed by atoms with Crippen LogP contribution >= 0.6 is 24.0 Å². The molecule has 2 N–H and O–H groups in total. The van der Waals surface area contributed by atoms with Crippen LogP contribution in [0, 0.1) is 26.6 Å². The molecule has 1 aromatic heterocycles. The third-order valence-electron chi connectivity index (χ3n) is 4.16. The Balaban J connectivity index is 0.00000364. The van der Waals surface area contributed by atoms with Crippen molar-refractivity contribution in [1.29, 1.82) is 0 Å². The van der Waals surface area contributed by atoms with E-state index in [1.807, 2.05) is 33.0 Å². The number of aryl methyl sites for hydroxylation is 2. The highest BCUT2D eigenvalue weighted by Crippen LogP contribution is 2.23. The van der Waals surface area contributed by atoms with Crippen LogP contribution in [-0.2, 0) is 13.1 Å². The Kier molecular flexibility index (Phi) is 9.48. The lowest BCUT2D eigenvalue weighted by molar-refractivity contribution is 0.406. The molecule has 2 aromatic rings. The summed E-state index contributed by atoms with van der Waals surface area (Å²) in [7, 11) is 1.67. The van der Waals surface area contributed by atoms with Gasteiger partial charge in [-0.1, -0.05) is 12.1 Å². The number of aromatic nitrogens is 1. The first kappa shape index (κ1) is 23.1. The smallest absolute Gasteiger partial charge is 0.191 e. The van der Waals surface area contributed by atoms with Crippen molar-refractivity contribution in [2.45, 2.75) is 40.8 Å². The topological polar surface area (TPSA) is 58.5 Å². The van der Waals surface area contributed by atoms with Gasteiger partial charge in [0.2, 0.25) is 0 Å². The van der Waals surface area contributed by atoms with Crippen LogP contribution in [0.15, 0.2) is 29.4 Å². The number of halogens is 2. The lowest BCUT2D eigenvalue weighted by atomic mass is 10.1. The van der Waals surface area contributed by atoms with E-state index in [0.29, 0.717) is 24.6 Å². The minimum atomic E-state index is -0.197. The van der Waals surface area contributed by atoms with E-state index in [4.69, 9.17) is 4.74 Å². The molecule has 0 saturated carbocycles. The average Bonchev–Trinajstić information content (AvgIpc) is 2.62. The zero-order chi connectivity index (χ0) is 19.1. The first-order valence-electron chi connectivity index (χ1n) is 8.72. The summed E-state index contributed by atoms with van der Waals surface area (Å²) in [6.45, 7) is 9.51. The van der Waals surface area contributed by atoms with Gasteiger partial charge >= 0.3 is 0 Å². The van der Waals surface area contributed by atoms with Gasteiger partial charge in [-0.3, -0.25) is 4.98 Å². The summed E-state index contributed by atoms with van der Waals surface area (Å²) in [6, 6.07) is 5.05. The van der Waals surface area contributed by atoms with Gasteiger partial charge in [0.05, 0.1) is 25.9 Å². The molecular formula is C20H28FIN4O. The molecule has 1 heterocycles. The van der Waals surface area contributed by atoms with Gasteiger partial charge < -0.3 is 15.4 Å². The Morgan fingerprint density at radius 3 is 2.56 bits per heavy atom. The molecular weight excluding hydrogens is 458 g/mol. The molecule has 0 radical (unpaired) electrons. The number of nitrogens with one attached hydrogen (secondary N) is 2. The standard InChI is InChI=1S/C20H27FN4O.HI/c1-6-22-20(24-11-16-7-8-17(21)13(2)9-16)25-12-18-15(4)19(26-5)14(3)10-23-18;/h7-10H,6,11-12H2,1-5H3,(H2,22,24,25);1H. The second-order valence-electron chi connectivity index (χ2n) is 6.18. The molecule has 0 aliphatic heterocycles. The Labute approximate surface area is 177 Å². The van der Waals surface area contributed by atoms with Gasteiger partial charge in [-0.05, 0) is 44.9 Å². The van der Waals surface area contributed by atoms with Crippen molar-refractivity contribution >= 4 is 29.9 Å². The Morgan fingerprint density at radius 2 is 1.93 bits per heavy atom. The number of nitrogens with zero attached hydrogens (tertiary/aromatic N) is 2. The predicted molar refractivity (Wildman–Crippen MR) is 118 cm³/mol. The summed E-state index contributed by atoms with van der Waals surface area (Å²) in [5.41, 5.74) is 4.54. The highest BCUT2D eigenvalue weighted by atomic mass is 127. The molecule has 7 heteroatoms. The van der Waals surface area contributed by atoms with Crippen LogP contribution in [0.3, 0.4) is 0 Å². The van der Waals surface area contributed by atoms with Crippen LogP contribution < -0.4 is 15.4 Å². The van der Waals surface area contributed by atoms with Crippen LogP contribution in [0.1, 0.15) is 34.9 Å². The second kappa shape index (κ2) is 11.1. The van der Waals surface area contributed by atoms with Crippen molar-refractivity contribution in [2.24, 2.45) is 4.99 Å². The maximum atomic E-state index is 13.4. The van der Waals surface area contributed by atoms with Crippen LogP contribution in [0.25, 0.3) is 0 Å². The van der Waals surface area contributed by atoms with E-state index >= 15 is 0 Å². The molecule has 0 aliphatic rings. The highest BCUT2D eigenvalue weighted by molar-refractivity contribution is 14.0. The molecule has 27 heavy (non-hydrogen) atoms. The van der Waals surface area contributed by atoms with E-state index in [-0.39, 0.29) is 29.8 Å². The lowest BCUT2D eigenvalue weighted by Gasteiger charge is -2.15. The molecule has 0 bridgehead atoms. The number of rotatable bonds is 6. The minimum absolute atomic E-state index is 0. The molecule has 0 spiro atoms. The predicted octanol–water partition coefficient (Wildman–Crippen LogP) is 4.03. The van der Waals surface area contributed by atoms with E-state index < -0.39 is 0 Å². The number of pyridine rings is 1. The number of hydrogen-bond acceptors (Lipinski definition) is 3. The fourth-order valence-corrected chi connectivity index (χ4v) is 2.73. The molecule has 5 nitrogen and oxygen atoms in total. The van der Waals surface area contributed by atoms with E-state index in [9.17, 15) is 4.39 Å². The lowest BCUT2D eigenvalue weighted by Crippen LogP contribution is -2.37. The van der Waals surface area contributed by atoms with E-state index in [1.54, 1.807) is 20.1 Å². The monoisotopic (exact) mass is 486 g/mol. The van der Waals surface area contributed by atoms with Gasteiger partial charge in [-0.15, -0.1) is 24.0 Å². The Hall–Kier alpha value is -1.90. The summed E-state index contributed by atoms with van der Waals surface area (Å²) >= 11 is 0. The fraction of sp³-hybridized carbons (Fsp3) is 0.400. The fourth-order valence-electron chi connectivity index (χ4n) is 2.73. The summed E-state index contributed by atoms with van der Waals surface area (Å²) in [6.07, 6.45) is 1.81. The van der Waals surface area contributed by atoms with Crippen LogP contribution in [0.4, 0.5) is 4.39 Å². The van der Waals surface area contributed by atoms with Gasteiger partial charge in [0.25, 0.3) is 0 Å². The number of ether oxygens (including phenoxy) is 1. The Bertz CT molecular complexity index is 796. The highest BCUT2D eigenvalue weighted by Gasteiger charge is 2.10. The van der Waals surface area contributed by atoms with E-state index in [2.05, 4.69) is 20.6 Å². The molecule has 0 amide bonds. The maximum Gasteiger partial charge on any atom is 0.191 e. The zero-order valence-corrected chi connectivity index (χ0v) is 18.8. The van der Waals surface area contributed by atoms with Crippen molar-refractivity contribution in [2.75, 3.05) is 13.7 Å². The average molecular weight is 486 g/mol. The zero-order valence-electron chi connectivity index (χ0n) is 16.5. The van der Waals surface area contributed by atoms with Crippen molar-refractivity contribution in [3.05, 3.63) is 58.2 Å². The second-order valence-corrected chi connectivity index (χ2v) is 6.18. The van der Waals surface area contributed by atoms with Crippen molar-refractivity contribution in [3.8, 4) is 5.75 Å². The van der Waals surface area contributed by atoms with Gasteiger partial charge in [-0.2, -0.15) is 0 Å². The van der Waals surface area contributed by atoms with Crippen molar-refractivity contribution < 1.29 is 9.13 Å². The molecule has 148 valence electrons. The first-order valence-corrected chi connectivity index (χ1v) is 8.72. The van der Waals surface area contributed by atoms with Gasteiger partial charge in [-0.25, -0.2) is 9.38 Å². The first-order chi connectivity index (χ1) is 12.5. The summed E-state index contributed by atoms with van der Waals surface area (Å²) < 4.78 is 18.8. The van der Waals surface area contributed by atoms with E-state index in [0.717, 1.165) is 34.7 Å². The third-order valence-corrected chi connectivity index (χ3v) is 4.16. The van der Waals surface area contributed by atoms with Gasteiger partial charge in [0.15, 0.2) is 5.96 Å². The summed E-state index contributed by atoms with van der Waals surface area (Å²) in [4.78, 5) is 9.06. The quantitative estimate of drug-likeness (QED) is 0.368. The number of guanidine groups is 1. The van der Waals surface area contributed by atoms with E-state index in [1.165, 1.54) is 6.07 Å². The molecule has 0 atom stereocenters. The van der Waals surface area contributed by atoms with Gasteiger partial charge in [0.1, 0.15) is 11.6 Å². The number of aliphatic imine (C=N–C) groups is 1. The number of hydrogen-bond donors (Lipinski definition) is 2. The van der Waals surface area contributed by atoms with Crippen LogP contribution in [-0.4, -0.2) is 24.6 Å². The minimum Gasteiger partial charge on any atom is -0.496 e.